The lowest BCUT2D eigenvalue weighted by Gasteiger charge is -2.20. The molecular formula is C7H14O5S. The molecule has 0 bridgehead atoms. The minimum atomic E-state index is -2.55. The maximum absolute atomic E-state index is 11.1. The molecule has 0 rings (SSSR count). The Labute approximate surface area is 79.0 Å². The number of thiol groups is 1. The molecule has 0 radical (unpaired) electrons. The van der Waals surface area contributed by atoms with Gasteiger partial charge in [-0.05, 0) is 13.8 Å². The summed E-state index contributed by atoms with van der Waals surface area (Å²) in [5.41, 5.74) is -0.805. The fourth-order valence-electron chi connectivity index (χ4n) is 0.711. The van der Waals surface area contributed by atoms with E-state index in [1.807, 2.05) is 0 Å². The fraction of sp³-hybridized carbons (Fsp3) is 0.857. The molecule has 0 unspecified atom stereocenters. The Bertz CT molecular complexity index is 235. The minimum Gasteiger partial charge on any atom is -0.469 e. The maximum atomic E-state index is 11.1. The zero-order chi connectivity index (χ0) is 10.5. The second-order valence-electron chi connectivity index (χ2n) is 3.19. The van der Waals surface area contributed by atoms with Gasteiger partial charge in [-0.2, -0.15) is 0 Å². The summed E-state index contributed by atoms with van der Waals surface area (Å²) in [4.78, 5) is 11.1. The van der Waals surface area contributed by atoms with Crippen molar-refractivity contribution < 1.29 is 22.7 Å². The zero-order valence-corrected chi connectivity index (χ0v) is 8.80. The summed E-state index contributed by atoms with van der Waals surface area (Å²) in [5.74, 6) is -0.788. The second kappa shape index (κ2) is 5.18. The monoisotopic (exact) mass is 210 g/mol. The first-order valence-electron chi connectivity index (χ1n) is 3.68. The number of methoxy groups -OCH3 is 1. The summed E-state index contributed by atoms with van der Waals surface area (Å²) in [5, 5.41) is 0. The standard InChI is InChI=1S/C7H14O5S/c1-7(2,6(8)11-3)4-12-5-13(9)10/h13H,4-5H2,1-3H3. The van der Waals surface area contributed by atoms with Crippen LogP contribution in [-0.4, -0.2) is 34.0 Å². The van der Waals surface area contributed by atoms with E-state index in [-0.39, 0.29) is 12.5 Å². The molecule has 0 atom stereocenters. The molecule has 0 aromatic heterocycles. The number of hydrogen-bond acceptors (Lipinski definition) is 5. The molecule has 0 aromatic carbocycles. The van der Waals surface area contributed by atoms with Gasteiger partial charge in [0.05, 0.1) is 19.1 Å². The largest absolute Gasteiger partial charge is 0.469 e. The van der Waals surface area contributed by atoms with E-state index in [0.717, 1.165) is 0 Å². The molecule has 0 saturated carbocycles. The van der Waals surface area contributed by atoms with Crippen molar-refractivity contribution in [3.05, 3.63) is 0 Å². The van der Waals surface area contributed by atoms with Gasteiger partial charge in [0.15, 0.2) is 10.7 Å². The van der Waals surface area contributed by atoms with Crippen LogP contribution in [-0.2, 0) is 25.0 Å². The third-order valence-corrected chi connectivity index (χ3v) is 1.79. The van der Waals surface area contributed by atoms with Crippen molar-refractivity contribution in [2.45, 2.75) is 13.8 Å². The van der Waals surface area contributed by atoms with Crippen LogP contribution in [0.5, 0.6) is 0 Å². The first kappa shape index (κ1) is 12.4. The Morgan fingerprint density at radius 2 is 1.92 bits per heavy atom. The predicted molar refractivity (Wildman–Crippen MR) is 46.9 cm³/mol. The van der Waals surface area contributed by atoms with Crippen LogP contribution in [0.25, 0.3) is 0 Å². The van der Waals surface area contributed by atoms with E-state index in [1.165, 1.54) is 7.11 Å². The van der Waals surface area contributed by atoms with Gasteiger partial charge in [0.2, 0.25) is 0 Å². The average Bonchev–Trinajstić information content (AvgIpc) is 2.01. The van der Waals surface area contributed by atoms with Crippen LogP contribution in [0, 0.1) is 5.41 Å². The lowest BCUT2D eigenvalue weighted by molar-refractivity contribution is -0.153. The summed E-state index contributed by atoms with van der Waals surface area (Å²) < 4.78 is 29.5. The molecular weight excluding hydrogens is 196 g/mol. The maximum Gasteiger partial charge on any atom is 0.313 e. The highest BCUT2D eigenvalue weighted by molar-refractivity contribution is 7.72. The number of esters is 1. The molecule has 0 amide bonds. The third-order valence-electron chi connectivity index (χ3n) is 1.40. The quantitative estimate of drug-likeness (QED) is 0.501. The molecule has 13 heavy (non-hydrogen) atoms. The van der Waals surface area contributed by atoms with E-state index in [9.17, 15) is 13.2 Å². The molecule has 0 heterocycles. The van der Waals surface area contributed by atoms with E-state index in [2.05, 4.69) is 4.74 Å². The van der Waals surface area contributed by atoms with Gasteiger partial charge in [0, 0.05) is 0 Å². The van der Waals surface area contributed by atoms with Crippen LogP contribution >= 0.6 is 0 Å². The molecule has 0 spiro atoms. The minimum absolute atomic E-state index is 0.0307. The molecule has 0 aliphatic rings. The number of rotatable bonds is 5. The molecule has 0 fully saturated rings. The van der Waals surface area contributed by atoms with Gasteiger partial charge in [-0.1, -0.05) is 0 Å². The summed E-state index contributed by atoms with van der Waals surface area (Å²) in [7, 11) is -1.28. The van der Waals surface area contributed by atoms with Crippen LogP contribution in [0.3, 0.4) is 0 Å². The SMILES string of the molecule is COC(=O)C(C)(C)COC[SH](=O)=O. The van der Waals surface area contributed by atoms with Crippen LogP contribution in [0.1, 0.15) is 13.8 Å². The highest BCUT2D eigenvalue weighted by Crippen LogP contribution is 2.16. The molecule has 78 valence electrons. The normalized spacial score (nSPS) is 11.7. The number of hydrogen-bond donors (Lipinski definition) is 1. The van der Waals surface area contributed by atoms with Gasteiger partial charge in [0.25, 0.3) is 0 Å². The predicted octanol–water partition coefficient (Wildman–Crippen LogP) is -0.229. The summed E-state index contributed by atoms with van der Waals surface area (Å²) in [6.07, 6.45) is 0. The average molecular weight is 210 g/mol. The molecule has 0 aliphatic heterocycles. The molecule has 6 heteroatoms. The van der Waals surface area contributed by atoms with Crippen molar-refractivity contribution in [2.75, 3.05) is 19.7 Å². The molecule has 5 nitrogen and oxygen atoms in total. The second-order valence-corrected chi connectivity index (χ2v) is 4.11. The van der Waals surface area contributed by atoms with Crippen molar-refractivity contribution in [2.24, 2.45) is 5.41 Å². The molecule has 0 aliphatic carbocycles. The third kappa shape index (κ3) is 4.84. The summed E-state index contributed by atoms with van der Waals surface area (Å²) >= 11 is 0. The van der Waals surface area contributed by atoms with Gasteiger partial charge in [-0.15, -0.1) is 0 Å². The van der Waals surface area contributed by atoms with E-state index < -0.39 is 22.1 Å². The Kier molecular flexibility index (Phi) is 4.94. The van der Waals surface area contributed by atoms with Crippen molar-refractivity contribution in [3.8, 4) is 0 Å². The first-order chi connectivity index (χ1) is 5.90. The Hall–Kier alpha value is -0.620. The van der Waals surface area contributed by atoms with E-state index >= 15 is 0 Å². The fourth-order valence-corrected chi connectivity index (χ4v) is 0.951. The van der Waals surface area contributed by atoms with Gasteiger partial charge in [-0.25, -0.2) is 8.42 Å². The topological polar surface area (TPSA) is 69.7 Å². The van der Waals surface area contributed by atoms with Gasteiger partial charge < -0.3 is 9.47 Å². The Morgan fingerprint density at radius 3 is 2.31 bits per heavy atom. The number of ether oxygens (including phenoxy) is 2. The number of carbonyl (C=O) groups is 1. The van der Waals surface area contributed by atoms with Crippen molar-refractivity contribution >= 4 is 16.7 Å². The van der Waals surface area contributed by atoms with E-state index in [0.29, 0.717) is 0 Å². The molecule has 0 aromatic rings. The van der Waals surface area contributed by atoms with Crippen molar-refractivity contribution in [3.63, 3.8) is 0 Å². The van der Waals surface area contributed by atoms with Crippen LogP contribution < -0.4 is 0 Å². The van der Waals surface area contributed by atoms with Crippen molar-refractivity contribution in [1.82, 2.24) is 0 Å². The zero-order valence-electron chi connectivity index (χ0n) is 7.90. The van der Waals surface area contributed by atoms with E-state index in [1.54, 1.807) is 13.8 Å². The Morgan fingerprint density at radius 1 is 1.38 bits per heavy atom. The smallest absolute Gasteiger partial charge is 0.313 e. The van der Waals surface area contributed by atoms with Gasteiger partial charge >= 0.3 is 5.97 Å². The highest BCUT2D eigenvalue weighted by Gasteiger charge is 2.28. The van der Waals surface area contributed by atoms with Gasteiger partial charge in [-0.3, -0.25) is 4.79 Å². The van der Waals surface area contributed by atoms with E-state index in [4.69, 9.17) is 4.74 Å². The Balaban J connectivity index is 3.95. The van der Waals surface area contributed by atoms with Crippen LogP contribution in [0.4, 0.5) is 0 Å². The van der Waals surface area contributed by atoms with Gasteiger partial charge in [0.1, 0.15) is 5.94 Å². The first-order valence-corrected chi connectivity index (χ1v) is 5.04. The molecule has 0 saturated heterocycles. The van der Waals surface area contributed by atoms with Crippen LogP contribution in [0.15, 0.2) is 0 Å². The van der Waals surface area contributed by atoms with Crippen LogP contribution in [0.2, 0.25) is 0 Å². The summed E-state index contributed by atoms with van der Waals surface area (Å²) in [6.45, 7) is 3.27. The highest BCUT2D eigenvalue weighted by atomic mass is 32.2. The lowest BCUT2D eigenvalue weighted by atomic mass is 9.95. The lowest BCUT2D eigenvalue weighted by Crippen LogP contribution is -2.31. The number of carbonyl (C=O) groups excluding carboxylic acids is 1. The van der Waals surface area contributed by atoms with Crippen molar-refractivity contribution in [1.29, 1.82) is 0 Å². The molecule has 0 N–H and O–H groups in total. The summed E-state index contributed by atoms with van der Waals surface area (Å²) in [6, 6.07) is 0.